The second kappa shape index (κ2) is 11.5. The molecule has 0 amide bonds. The average molecular weight is 417 g/mol. The minimum Gasteiger partial charge on any atom is -0.385 e. The SMILES string of the molecule is CCNC(=NCc1ccnc(N2CCN(C)CC2)c1)NCC1(CCOC)CCCC1. The molecule has 2 N–H and O–H groups in total. The first-order chi connectivity index (χ1) is 14.6. The van der Waals surface area contributed by atoms with Crippen molar-refractivity contribution in [2.75, 3.05) is 64.9 Å². The van der Waals surface area contributed by atoms with E-state index >= 15 is 0 Å². The molecule has 0 aromatic carbocycles. The van der Waals surface area contributed by atoms with Crippen LogP contribution in [-0.2, 0) is 11.3 Å². The molecule has 1 saturated carbocycles. The maximum Gasteiger partial charge on any atom is 0.191 e. The van der Waals surface area contributed by atoms with Gasteiger partial charge in [-0.25, -0.2) is 9.98 Å². The van der Waals surface area contributed by atoms with Gasteiger partial charge < -0.3 is 25.2 Å². The van der Waals surface area contributed by atoms with E-state index in [1.54, 1.807) is 7.11 Å². The largest absolute Gasteiger partial charge is 0.385 e. The minimum atomic E-state index is 0.345. The van der Waals surface area contributed by atoms with Crippen molar-refractivity contribution < 1.29 is 4.74 Å². The molecule has 1 aromatic rings. The van der Waals surface area contributed by atoms with Gasteiger partial charge in [0.1, 0.15) is 5.82 Å². The fraction of sp³-hybridized carbons (Fsp3) is 0.739. The highest BCUT2D eigenvalue weighted by Gasteiger charge is 2.33. The van der Waals surface area contributed by atoms with Crippen LogP contribution in [0, 0.1) is 5.41 Å². The van der Waals surface area contributed by atoms with E-state index < -0.39 is 0 Å². The maximum atomic E-state index is 5.37. The van der Waals surface area contributed by atoms with E-state index in [0.717, 1.165) is 64.1 Å². The summed E-state index contributed by atoms with van der Waals surface area (Å²) in [5.74, 6) is 1.97. The molecule has 168 valence electrons. The molecule has 1 aliphatic carbocycles. The van der Waals surface area contributed by atoms with Gasteiger partial charge in [-0.1, -0.05) is 12.8 Å². The predicted octanol–water partition coefficient (Wildman–Crippen LogP) is 2.49. The molecule has 0 bridgehead atoms. The topological polar surface area (TPSA) is 65.0 Å². The molecule has 3 rings (SSSR count). The summed E-state index contributed by atoms with van der Waals surface area (Å²) in [6.07, 6.45) is 8.24. The molecule has 2 fully saturated rings. The summed E-state index contributed by atoms with van der Waals surface area (Å²) in [6.45, 7) is 9.67. The highest BCUT2D eigenvalue weighted by Crippen LogP contribution is 2.40. The van der Waals surface area contributed by atoms with Gasteiger partial charge in [-0.15, -0.1) is 0 Å². The lowest BCUT2D eigenvalue weighted by atomic mass is 9.83. The molecule has 2 heterocycles. The van der Waals surface area contributed by atoms with Gasteiger partial charge in [-0.05, 0) is 56.3 Å². The van der Waals surface area contributed by atoms with Crippen LogP contribution in [0.1, 0.15) is 44.6 Å². The summed E-state index contributed by atoms with van der Waals surface area (Å²) >= 11 is 0. The van der Waals surface area contributed by atoms with Crippen LogP contribution in [0.3, 0.4) is 0 Å². The minimum absolute atomic E-state index is 0.345. The lowest BCUT2D eigenvalue weighted by Crippen LogP contribution is -2.44. The molecule has 7 nitrogen and oxygen atoms in total. The molecule has 7 heteroatoms. The Morgan fingerprint density at radius 1 is 1.20 bits per heavy atom. The molecular weight excluding hydrogens is 376 g/mol. The Hall–Kier alpha value is -1.86. The number of guanidine groups is 1. The Labute approximate surface area is 182 Å². The normalized spacial score (nSPS) is 19.8. The monoisotopic (exact) mass is 416 g/mol. The Morgan fingerprint density at radius 2 is 1.97 bits per heavy atom. The zero-order valence-corrected chi connectivity index (χ0v) is 19.1. The molecular formula is C23H40N6O. The summed E-state index contributed by atoms with van der Waals surface area (Å²) in [6, 6.07) is 4.26. The summed E-state index contributed by atoms with van der Waals surface area (Å²) in [5, 5.41) is 7.03. The zero-order valence-electron chi connectivity index (χ0n) is 19.1. The second-order valence-electron chi connectivity index (χ2n) is 8.81. The number of pyridine rings is 1. The first-order valence-electron chi connectivity index (χ1n) is 11.5. The number of nitrogens with zero attached hydrogens (tertiary/aromatic N) is 4. The number of aromatic nitrogens is 1. The highest BCUT2D eigenvalue weighted by atomic mass is 16.5. The Morgan fingerprint density at radius 3 is 2.67 bits per heavy atom. The molecule has 0 unspecified atom stereocenters. The smallest absolute Gasteiger partial charge is 0.191 e. The van der Waals surface area contributed by atoms with Gasteiger partial charge in [0.25, 0.3) is 0 Å². The molecule has 2 aliphatic rings. The van der Waals surface area contributed by atoms with E-state index in [-0.39, 0.29) is 0 Å². The van der Waals surface area contributed by atoms with Crippen LogP contribution in [0.25, 0.3) is 0 Å². The molecule has 0 spiro atoms. The molecule has 1 aromatic heterocycles. The van der Waals surface area contributed by atoms with Crippen LogP contribution in [0.2, 0.25) is 0 Å². The third kappa shape index (κ3) is 6.57. The number of nitrogens with one attached hydrogen (secondary N) is 2. The van der Waals surface area contributed by atoms with Crippen molar-refractivity contribution in [2.45, 2.75) is 45.6 Å². The fourth-order valence-electron chi connectivity index (χ4n) is 4.51. The standard InChI is InChI=1S/C23H40N6O/c1-4-24-22(27-19-23(10-16-30-3)8-5-6-9-23)26-18-20-7-11-25-21(17-20)29-14-12-28(2)13-15-29/h7,11,17H,4-6,8-10,12-16,18-19H2,1-3H3,(H2,24,26,27). The van der Waals surface area contributed by atoms with Crippen molar-refractivity contribution in [1.29, 1.82) is 0 Å². The van der Waals surface area contributed by atoms with Crippen LogP contribution < -0.4 is 15.5 Å². The van der Waals surface area contributed by atoms with Crippen molar-refractivity contribution in [3.8, 4) is 0 Å². The van der Waals surface area contributed by atoms with Gasteiger partial charge >= 0.3 is 0 Å². The summed E-state index contributed by atoms with van der Waals surface area (Å²) < 4.78 is 5.37. The van der Waals surface area contributed by atoms with E-state index in [0.29, 0.717) is 12.0 Å². The predicted molar refractivity (Wildman–Crippen MR) is 124 cm³/mol. The number of hydrogen-bond donors (Lipinski definition) is 2. The molecule has 0 atom stereocenters. The number of hydrogen-bond acceptors (Lipinski definition) is 5. The first kappa shape index (κ1) is 22.8. The Bertz CT molecular complexity index is 665. The van der Waals surface area contributed by atoms with Crippen molar-refractivity contribution in [2.24, 2.45) is 10.4 Å². The van der Waals surface area contributed by atoms with E-state index in [2.05, 4.69) is 51.5 Å². The number of methoxy groups -OCH3 is 1. The fourth-order valence-corrected chi connectivity index (χ4v) is 4.51. The van der Waals surface area contributed by atoms with Gasteiger partial charge in [-0.2, -0.15) is 0 Å². The Balaban J connectivity index is 1.59. The second-order valence-corrected chi connectivity index (χ2v) is 8.81. The maximum absolute atomic E-state index is 5.37. The lowest BCUT2D eigenvalue weighted by Gasteiger charge is -2.33. The number of likely N-dealkylation sites (N-methyl/N-ethyl adjacent to an activating group) is 1. The van der Waals surface area contributed by atoms with Crippen molar-refractivity contribution in [1.82, 2.24) is 20.5 Å². The summed E-state index contributed by atoms with van der Waals surface area (Å²) in [4.78, 5) is 14.2. The van der Waals surface area contributed by atoms with Gasteiger partial charge in [-0.3, -0.25) is 0 Å². The van der Waals surface area contributed by atoms with Crippen molar-refractivity contribution in [3.63, 3.8) is 0 Å². The molecule has 0 radical (unpaired) electrons. The van der Waals surface area contributed by atoms with Gasteiger partial charge in [0, 0.05) is 59.2 Å². The van der Waals surface area contributed by atoms with Crippen LogP contribution in [0.5, 0.6) is 0 Å². The van der Waals surface area contributed by atoms with Crippen LogP contribution in [-0.4, -0.2) is 75.9 Å². The van der Waals surface area contributed by atoms with Crippen molar-refractivity contribution >= 4 is 11.8 Å². The number of aliphatic imine (C=N–C) groups is 1. The average Bonchev–Trinajstić information content (AvgIpc) is 3.24. The third-order valence-corrected chi connectivity index (χ3v) is 6.53. The van der Waals surface area contributed by atoms with E-state index in [4.69, 9.17) is 9.73 Å². The van der Waals surface area contributed by atoms with Crippen LogP contribution in [0.4, 0.5) is 5.82 Å². The van der Waals surface area contributed by atoms with E-state index in [1.807, 2.05) is 6.20 Å². The number of ether oxygens (including phenoxy) is 1. The van der Waals surface area contributed by atoms with Gasteiger partial charge in [0.05, 0.1) is 6.54 Å². The summed E-state index contributed by atoms with van der Waals surface area (Å²) in [7, 11) is 3.98. The van der Waals surface area contributed by atoms with Crippen molar-refractivity contribution in [3.05, 3.63) is 23.9 Å². The lowest BCUT2D eigenvalue weighted by molar-refractivity contribution is 0.138. The first-order valence-corrected chi connectivity index (χ1v) is 11.5. The quantitative estimate of drug-likeness (QED) is 0.476. The highest BCUT2D eigenvalue weighted by molar-refractivity contribution is 5.79. The molecule has 1 aliphatic heterocycles. The van der Waals surface area contributed by atoms with Gasteiger partial charge in [0.2, 0.25) is 0 Å². The summed E-state index contributed by atoms with van der Waals surface area (Å²) in [5.41, 5.74) is 1.54. The molecule has 30 heavy (non-hydrogen) atoms. The van der Waals surface area contributed by atoms with E-state index in [1.165, 1.54) is 31.2 Å². The number of piperazine rings is 1. The number of rotatable bonds is 9. The third-order valence-electron chi connectivity index (χ3n) is 6.53. The van der Waals surface area contributed by atoms with Crippen LogP contribution in [0.15, 0.2) is 23.3 Å². The molecule has 1 saturated heterocycles. The van der Waals surface area contributed by atoms with Crippen LogP contribution >= 0.6 is 0 Å². The number of anilines is 1. The Kier molecular flexibility index (Phi) is 8.75. The van der Waals surface area contributed by atoms with Gasteiger partial charge in [0.15, 0.2) is 5.96 Å². The van der Waals surface area contributed by atoms with E-state index in [9.17, 15) is 0 Å². The zero-order chi connectivity index (χ0) is 21.2.